The van der Waals surface area contributed by atoms with Crippen LogP contribution in [0.3, 0.4) is 0 Å². The van der Waals surface area contributed by atoms with Crippen LogP contribution in [-0.4, -0.2) is 67.9 Å². The minimum Gasteiger partial charge on any atom is -0.448 e. The highest BCUT2D eigenvalue weighted by Gasteiger charge is 2.38. The van der Waals surface area contributed by atoms with Gasteiger partial charge in [0.15, 0.2) is 12.0 Å². The van der Waals surface area contributed by atoms with E-state index in [1.807, 2.05) is 93.5 Å². The first kappa shape index (κ1) is 31.8. The number of rotatable bonds is 17. The first-order valence-electron chi connectivity index (χ1n) is 13.6. The van der Waals surface area contributed by atoms with Crippen LogP contribution < -0.4 is 5.32 Å². The van der Waals surface area contributed by atoms with Crippen LogP contribution in [0.15, 0.2) is 71.3 Å². The molecule has 0 radical (unpaired) electrons. The lowest BCUT2D eigenvalue weighted by atomic mass is 10.0. The van der Waals surface area contributed by atoms with Crippen molar-refractivity contribution < 1.29 is 23.4 Å². The van der Waals surface area contributed by atoms with Crippen molar-refractivity contribution in [3.63, 3.8) is 0 Å². The van der Waals surface area contributed by atoms with Crippen molar-refractivity contribution in [1.29, 1.82) is 0 Å². The van der Waals surface area contributed by atoms with Crippen LogP contribution in [0, 0.1) is 0 Å². The Morgan fingerprint density at radius 2 is 1.60 bits per heavy atom. The molecule has 40 heavy (non-hydrogen) atoms. The fourth-order valence-electron chi connectivity index (χ4n) is 4.58. The second-order valence-corrected chi connectivity index (χ2v) is 10.6. The molecule has 0 aliphatic rings. The molecule has 0 aliphatic heterocycles. The largest absolute Gasteiger partial charge is 0.448 e. The summed E-state index contributed by atoms with van der Waals surface area (Å²) in [6.45, 7) is 4.94. The van der Waals surface area contributed by atoms with E-state index in [0.717, 1.165) is 11.1 Å². The van der Waals surface area contributed by atoms with Gasteiger partial charge in [0.2, 0.25) is 0 Å². The number of nitrogens with zero attached hydrogens (tertiary/aromatic N) is 2. The first-order chi connectivity index (χ1) is 19.3. The number of aromatic nitrogens is 1. The third-order valence-corrected chi connectivity index (χ3v) is 6.99. The number of ether oxygens (including phenoxy) is 3. The summed E-state index contributed by atoms with van der Waals surface area (Å²) in [5, 5.41) is 3.15. The Bertz CT molecular complexity index is 1130. The van der Waals surface area contributed by atoms with E-state index in [-0.39, 0.29) is 30.5 Å². The third kappa shape index (κ3) is 9.71. The van der Waals surface area contributed by atoms with Crippen LogP contribution in [0.2, 0.25) is 0 Å². The standard InChI is InChI=1S/C31H42ClN3O5/c1-22(31-34-26(17-32)20-40-31)16-23(2)33-30(36)29(39-19-25-14-10-7-11-15-25)28(27(21-37-5)35(3)4)38-18-24-12-8-6-9-13-24/h6-15,20,22-23,27-29H,16-19,21H2,1-5H3,(H,33,36)/t22-,23+,27-,28-,29+/m0/s1. The molecule has 9 heteroatoms. The number of likely N-dealkylation sites (N-methyl/N-ethyl adjacent to an activating group) is 1. The number of hydrogen-bond donors (Lipinski definition) is 1. The molecule has 0 spiro atoms. The fourth-order valence-corrected chi connectivity index (χ4v) is 4.70. The van der Waals surface area contributed by atoms with Gasteiger partial charge < -0.3 is 28.8 Å². The highest BCUT2D eigenvalue weighted by atomic mass is 35.5. The molecule has 218 valence electrons. The van der Waals surface area contributed by atoms with Crippen molar-refractivity contribution in [2.75, 3.05) is 27.8 Å². The van der Waals surface area contributed by atoms with E-state index in [4.69, 9.17) is 30.2 Å². The number of hydrogen-bond acceptors (Lipinski definition) is 7. The van der Waals surface area contributed by atoms with Crippen LogP contribution in [0.25, 0.3) is 0 Å². The van der Waals surface area contributed by atoms with Gasteiger partial charge in [0.05, 0.1) is 37.4 Å². The molecule has 0 bridgehead atoms. The number of oxazole rings is 1. The van der Waals surface area contributed by atoms with E-state index >= 15 is 0 Å². The third-order valence-electron chi connectivity index (χ3n) is 6.72. The average molecular weight is 572 g/mol. The first-order valence-corrected chi connectivity index (χ1v) is 14.1. The van der Waals surface area contributed by atoms with Crippen molar-refractivity contribution in [1.82, 2.24) is 15.2 Å². The predicted octanol–water partition coefficient (Wildman–Crippen LogP) is 5.16. The van der Waals surface area contributed by atoms with Gasteiger partial charge in [0.1, 0.15) is 12.4 Å². The Balaban J connectivity index is 1.82. The van der Waals surface area contributed by atoms with Crippen molar-refractivity contribution in [2.24, 2.45) is 0 Å². The molecule has 1 heterocycles. The van der Waals surface area contributed by atoms with Gasteiger partial charge in [-0.3, -0.25) is 4.79 Å². The lowest BCUT2D eigenvalue weighted by Crippen LogP contribution is -2.56. The zero-order valence-corrected chi connectivity index (χ0v) is 24.8. The summed E-state index contributed by atoms with van der Waals surface area (Å²) >= 11 is 5.88. The second kappa shape index (κ2) is 16.5. The molecule has 0 fully saturated rings. The van der Waals surface area contributed by atoms with Gasteiger partial charge in [0.25, 0.3) is 5.91 Å². The molecule has 3 rings (SSSR count). The maximum Gasteiger partial charge on any atom is 0.252 e. The van der Waals surface area contributed by atoms with E-state index in [1.54, 1.807) is 13.4 Å². The number of methoxy groups -OCH3 is 1. The van der Waals surface area contributed by atoms with Gasteiger partial charge in [-0.1, -0.05) is 67.6 Å². The lowest BCUT2D eigenvalue weighted by Gasteiger charge is -2.36. The SMILES string of the molecule is COC[C@@H]([C@H](OCc1ccccc1)[C@@H](OCc1ccccc1)C(=O)N[C@H](C)C[C@H](C)c1nc(CCl)co1)N(C)C. The van der Waals surface area contributed by atoms with E-state index in [0.29, 0.717) is 37.1 Å². The number of benzene rings is 2. The van der Waals surface area contributed by atoms with E-state index < -0.39 is 12.2 Å². The van der Waals surface area contributed by atoms with Gasteiger partial charge in [-0.05, 0) is 38.6 Å². The number of alkyl halides is 1. The molecule has 5 atom stereocenters. The van der Waals surface area contributed by atoms with E-state index in [1.165, 1.54) is 0 Å². The topological polar surface area (TPSA) is 86.1 Å². The molecule has 1 amide bonds. The van der Waals surface area contributed by atoms with Crippen LogP contribution in [0.1, 0.15) is 48.9 Å². The molecule has 0 saturated carbocycles. The van der Waals surface area contributed by atoms with Gasteiger partial charge in [0, 0.05) is 19.1 Å². The average Bonchev–Trinajstić information content (AvgIpc) is 3.44. The second-order valence-electron chi connectivity index (χ2n) is 10.3. The van der Waals surface area contributed by atoms with Crippen LogP contribution >= 0.6 is 11.6 Å². The fraction of sp³-hybridized carbons (Fsp3) is 0.484. The summed E-state index contributed by atoms with van der Waals surface area (Å²) in [6.07, 6.45) is 0.696. The molecule has 0 unspecified atom stereocenters. The summed E-state index contributed by atoms with van der Waals surface area (Å²) in [5.41, 5.74) is 2.67. The Kier molecular flexibility index (Phi) is 13.1. The molecular weight excluding hydrogens is 530 g/mol. The molecular formula is C31H42ClN3O5. The van der Waals surface area contributed by atoms with Gasteiger partial charge in [-0.2, -0.15) is 0 Å². The molecule has 1 N–H and O–H groups in total. The Hall–Kier alpha value is -2.75. The highest BCUT2D eigenvalue weighted by Crippen LogP contribution is 2.22. The highest BCUT2D eigenvalue weighted by molar-refractivity contribution is 6.16. The molecule has 3 aromatic rings. The van der Waals surface area contributed by atoms with Crippen molar-refractivity contribution in [2.45, 2.75) is 69.6 Å². The maximum atomic E-state index is 13.9. The summed E-state index contributed by atoms with van der Waals surface area (Å²) in [7, 11) is 5.54. The monoisotopic (exact) mass is 571 g/mol. The minimum atomic E-state index is -0.895. The van der Waals surface area contributed by atoms with E-state index in [2.05, 4.69) is 10.3 Å². The molecule has 1 aromatic heterocycles. The van der Waals surface area contributed by atoms with Crippen LogP contribution in [0.4, 0.5) is 0 Å². The Labute approximate surface area is 243 Å². The van der Waals surface area contributed by atoms with Crippen molar-refractivity contribution in [3.8, 4) is 0 Å². The Morgan fingerprint density at radius 1 is 1.00 bits per heavy atom. The quantitative estimate of drug-likeness (QED) is 0.224. The lowest BCUT2D eigenvalue weighted by molar-refractivity contribution is -0.157. The summed E-state index contributed by atoms with van der Waals surface area (Å²) in [6, 6.07) is 19.3. The number of amides is 1. The van der Waals surface area contributed by atoms with Crippen LogP contribution in [0.5, 0.6) is 0 Å². The summed E-state index contributed by atoms with van der Waals surface area (Å²) < 4.78 is 24.0. The van der Waals surface area contributed by atoms with Crippen LogP contribution in [-0.2, 0) is 38.1 Å². The van der Waals surface area contributed by atoms with Gasteiger partial charge >= 0.3 is 0 Å². The minimum absolute atomic E-state index is 0.0101. The molecule has 0 aliphatic carbocycles. The van der Waals surface area contributed by atoms with E-state index in [9.17, 15) is 4.79 Å². The number of nitrogens with one attached hydrogen (secondary N) is 1. The summed E-state index contributed by atoms with van der Waals surface area (Å²) in [5.74, 6) is 0.641. The molecule has 8 nitrogen and oxygen atoms in total. The summed E-state index contributed by atoms with van der Waals surface area (Å²) in [4.78, 5) is 20.3. The normalized spacial score (nSPS) is 15.4. The Morgan fingerprint density at radius 3 is 2.12 bits per heavy atom. The predicted molar refractivity (Wildman–Crippen MR) is 156 cm³/mol. The number of carbonyl (C=O) groups excluding carboxylic acids is 1. The maximum absolute atomic E-state index is 13.9. The number of halogens is 1. The molecule has 0 saturated heterocycles. The zero-order valence-electron chi connectivity index (χ0n) is 24.1. The van der Waals surface area contributed by atoms with Crippen molar-refractivity contribution >= 4 is 17.5 Å². The zero-order chi connectivity index (χ0) is 28.9. The van der Waals surface area contributed by atoms with Gasteiger partial charge in [-0.25, -0.2) is 4.98 Å². The van der Waals surface area contributed by atoms with Gasteiger partial charge in [-0.15, -0.1) is 11.6 Å². The van der Waals surface area contributed by atoms with Crippen molar-refractivity contribution in [3.05, 3.63) is 89.6 Å². The molecule has 2 aromatic carbocycles. The number of carbonyl (C=O) groups is 1. The smallest absolute Gasteiger partial charge is 0.252 e.